The zero-order valence-electron chi connectivity index (χ0n) is 14.9. The van der Waals surface area contributed by atoms with E-state index in [2.05, 4.69) is 6.92 Å². The Morgan fingerprint density at radius 1 is 1.12 bits per heavy atom. The fourth-order valence-electron chi connectivity index (χ4n) is 3.50. The van der Waals surface area contributed by atoms with E-state index < -0.39 is 10.0 Å². The first-order valence-corrected chi connectivity index (χ1v) is 10.6. The predicted octanol–water partition coefficient (Wildman–Crippen LogP) is 3.73. The Hall–Kier alpha value is -0.910. The average molecular weight is 354 g/mol. The van der Waals surface area contributed by atoms with Crippen LogP contribution in [-0.2, 0) is 10.0 Å². The molecule has 1 heterocycles. The molecule has 1 saturated heterocycles. The third-order valence-electron chi connectivity index (χ3n) is 4.98. The zero-order valence-corrected chi connectivity index (χ0v) is 15.8. The summed E-state index contributed by atoms with van der Waals surface area (Å²) in [6.45, 7) is 4.64. The molecule has 0 radical (unpaired) electrons. The number of unbranched alkanes of at least 4 members (excludes halogenated alkanes) is 4. The van der Waals surface area contributed by atoms with Crippen molar-refractivity contribution >= 4 is 10.0 Å². The second-order valence-corrected chi connectivity index (χ2v) is 8.92. The SMILES string of the molecule is CCCCCCC[C@@H]1C[C@@H](CO)CN1S(=O)(=O)c1ccc(C)cc1. The number of rotatable bonds is 9. The van der Waals surface area contributed by atoms with E-state index >= 15 is 0 Å². The van der Waals surface area contributed by atoms with Gasteiger partial charge in [0.1, 0.15) is 0 Å². The Labute approximate surface area is 146 Å². The molecule has 0 aromatic heterocycles. The molecular weight excluding hydrogens is 322 g/mol. The number of aliphatic hydroxyl groups excluding tert-OH is 1. The van der Waals surface area contributed by atoms with Crippen LogP contribution < -0.4 is 0 Å². The number of benzene rings is 1. The van der Waals surface area contributed by atoms with E-state index in [1.54, 1.807) is 16.4 Å². The van der Waals surface area contributed by atoms with Gasteiger partial charge in [-0.3, -0.25) is 0 Å². The molecule has 0 unspecified atom stereocenters. The van der Waals surface area contributed by atoms with Crippen LogP contribution in [0, 0.1) is 12.8 Å². The Kier molecular flexibility index (Phi) is 7.26. The van der Waals surface area contributed by atoms with Crippen molar-refractivity contribution in [3.63, 3.8) is 0 Å². The summed E-state index contributed by atoms with van der Waals surface area (Å²) < 4.78 is 27.6. The van der Waals surface area contributed by atoms with E-state index in [9.17, 15) is 13.5 Å². The number of hydrogen-bond acceptors (Lipinski definition) is 3. The molecule has 0 saturated carbocycles. The minimum absolute atomic E-state index is 0.0232. The van der Waals surface area contributed by atoms with Crippen LogP contribution >= 0.6 is 0 Å². The summed E-state index contributed by atoms with van der Waals surface area (Å²) in [5.41, 5.74) is 1.05. The Morgan fingerprint density at radius 3 is 2.42 bits per heavy atom. The van der Waals surface area contributed by atoms with Gasteiger partial charge in [0, 0.05) is 19.2 Å². The lowest BCUT2D eigenvalue weighted by molar-refractivity contribution is 0.233. The maximum atomic E-state index is 13.0. The lowest BCUT2D eigenvalue weighted by Gasteiger charge is -2.24. The third-order valence-corrected chi connectivity index (χ3v) is 6.91. The fraction of sp³-hybridized carbons (Fsp3) is 0.684. The molecule has 1 aromatic rings. The number of sulfonamides is 1. The van der Waals surface area contributed by atoms with E-state index in [1.165, 1.54) is 19.3 Å². The predicted molar refractivity (Wildman–Crippen MR) is 97.4 cm³/mol. The van der Waals surface area contributed by atoms with Gasteiger partial charge in [-0.05, 0) is 37.8 Å². The highest BCUT2D eigenvalue weighted by Crippen LogP contribution is 2.32. The summed E-state index contributed by atoms with van der Waals surface area (Å²) in [5.74, 6) is 0.0610. The lowest BCUT2D eigenvalue weighted by atomic mass is 10.0. The van der Waals surface area contributed by atoms with Gasteiger partial charge in [0.15, 0.2) is 0 Å². The van der Waals surface area contributed by atoms with E-state index in [0.29, 0.717) is 11.4 Å². The minimum Gasteiger partial charge on any atom is -0.396 e. The highest BCUT2D eigenvalue weighted by molar-refractivity contribution is 7.89. The molecule has 136 valence electrons. The van der Waals surface area contributed by atoms with E-state index in [-0.39, 0.29) is 18.6 Å². The summed E-state index contributed by atoms with van der Waals surface area (Å²) in [6, 6.07) is 7.08. The fourth-order valence-corrected chi connectivity index (χ4v) is 5.24. The van der Waals surface area contributed by atoms with Crippen LogP contribution in [0.4, 0.5) is 0 Å². The normalized spacial score (nSPS) is 22.1. The van der Waals surface area contributed by atoms with Crippen molar-refractivity contribution in [2.45, 2.75) is 69.7 Å². The molecule has 0 spiro atoms. The Balaban J connectivity index is 2.07. The van der Waals surface area contributed by atoms with E-state index in [1.807, 2.05) is 19.1 Å². The van der Waals surface area contributed by atoms with Crippen LogP contribution in [0.25, 0.3) is 0 Å². The molecule has 1 fully saturated rings. The van der Waals surface area contributed by atoms with Crippen LogP contribution in [0.2, 0.25) is 0 Å². The molecular formula is C19H31NO3S. The van der Waals surface area contributed by atoms with Gasteiger partial charge in [0.2, 0.25) is 10.0 Å². The van der Waals surface area contributed by atoms with Gasteiger partial charge in [-0.25, -0.2) is 8.42 Å². The Bertz CT molecular complexity index is 598. The molecule has 24 heavy (non-hydrogen) atoms. The molecule has 1 aliphatic heterocycles. The first kappa shape index (κ1) is 19.4. The molecule has 0 amide bonds. The van der Waals surface area contributed by atoms with E-state index in [4.69, 9.17) is 0 Å². The molecule has 1 aromatic carbocycles. The molecule has 0 aliphatic carbocycles. The van der Waals surface area contributed by atoms with Crippen molar-refractivity contribution < 1.29 is 13.5 Å². The van der Waals surface area contributed by atoms with Gasteiger partial charge in [-0.1, -0.05) is 56.7 Å². The maximum Gasteiger partial charge on any atom is 0.243 e. The summed E-state index contributed by atoms with van der Waals surface area (Å²) in [5, 5.41) is 9.49. The smallest absolute Gasteiger partial charge is 0.243 e. The van der Waals surface area contributed by atoms with Gasteiger partial charge in [0.05, 0.1) is 4.90 Å². The van der Waals surface area contributed by atoms with Crippen molar-refractivity contribution in [1.82, 2.24) is 4.31 Å². The number of nitrogens with zero attached hydrogens (tertiary/aromatic N) is 1. The molecule has 1 N–H and O–H groups in total. The van der Waals surface area contributed by atoms with Crippen LogP contribution in [0.1, 0.15) is 57.4 Å². The van der Waals surface area contributed by atoms with Crippen LogP contribution in [0.3, 0.4) is 0 Å². The van der Waals surface area contributed by atoms with Crippen molar-refractivity contribution in [2.24, 2.45) is 5.92 Å². The summed E-state index contributed by atoms with van der Waals surface area (Å²) in [7, 11) is -3.47. The van der Waals surface area contributed by atoms with Gasteiger partial charge in [-0.15, -0.1) is 0 Å². The summed E-state index contributed by atoms with van der Waals surface area (Å²) >= 11 is 0. The summed E-state index contributed by atoms with van der Waals surface area (Å²) in [4.78, 5) is 0.364. The quantitative estimate of drug-likeness (QED) is 0.688. The number of aliphatic hydroxyl groups is 1. The first-order chi connectivity index (χ1) is 11.5. The largest absolute Gasteiger partial charge is 0.396 e. The first-order valence-electron chi connectivity index (χ1n) is 9.18. The standard InChI is InChI=1S/C19H31NO3S/c1-3-4-5-6-7-8-18-13-17(15-21)14-20(18)24(22,23)19-11-9-16(2)10-12-19/h9-12,17-18,21H,3-8,13-15H2,1-2H3/t17-,18-/m1/s1. The highest BCUT2D eigenvalue weighted by Gasteiger charge is 2.39. The molecule has 5 heteroatoms. The lowest BCUT2D eigenvalue weighted by Crippen LogP contribution is -2.35. The van der Waals surface area contributed by atoms with Crippen molar-refractivity contribution in [3.05, 3.63) is 29.8 Å². The van der Waals surface area contributed by atoms with Crippen molar-refractivity contribution in [1.29, 1.82) is 0 Å². The monoisotopic (exact) mass is 353 g/mol. The van der Waals surface area contributed by atoms with Gasteiger partial charge >= 0.3 is 0 Å². The number of hydrogen-bond donors (Lipinski definition) is 1. The van der Waals surface area contributed by atoms with Gasteiger partial charge in [0.25, 0.3) is 0 Å². The van der Waals surface area contributed by atoms with Gasteiger partial charge < -0.3 is 5.11 Å². The molecule has 4 nitrogen and oxygen atoms in total. The Morgan fingerprint density at radius 2 is 1.79 bits per heavy atom. The van der Waals surface area contributed by atoms with Crippen molar-refractivity contribution in [3.8, 4) is 0 Å². The molecule has 2 atom stereocenters. The summed E-state index contributed by atoms with van der Waals surface area (Å²) in [6.07, 6.45) is 7.56. The maximum absolute atomic E-state index is 13.0. The molecule has 2 rings (SSSR count). The molecule has 1 aliphatic rings. The van der Waals surface area contributed by atoms with Crippen molar-refractivity contribution in [2.75, 3.05) is 13.2 Å². The molecule has 0 bridgehead atoms. The second kappa shape index (κ2) is 8.97. The van der Waals surface area contributed by atoms with Gasteiger partial charge in [-0.2, -0.15) is 4.31 Å². The zero-order chi connectivity index (χ0) is 17.6. The topological polar surface area (TPSA) is 57.6 Å². The van der Waals surface area contributed by atoms with E-state index in [0.717, 1.165) is 31.2 Å². The van der Waals surface area contributed by atoms with Crippen LogP contribution in [-0.4, -0.2) is 37.0 Å². The highest BCUT2D eigenvalue weighted by atomic mass is 32.2. The number of aryl methyl sites for hydroxylation is 1. The second-order valence-electron chi connectivity index (χ2n) is 7.03. The third kappa shape index (κ3) is 4.80. The van der Waals surface area contributed by atoms with Crippen LogP contribution in [0.15, 0.2) is 29.2 Å². The average Bonchev–Trinajstić information content (AvgIpc) is 2.99. The van der Waals surface area contributed by atoms with Crippen LogP contribution in [0.5, 0.6) is 0 Å². The minimum atomic E-state index is -3.47.